The summed E-state index contributed by atoms with van der Waals surface area (Å²) in [4.78, 5) is 0.951. The number of thiophene rings is 1. The smallest absolute Gasteiger partial charge is 0.241 e. The second kappa shape index (κ2) is 6.65. The maximum absolute atomic E-state index is 12.2. The predicted molar refractivity (Wildman–Crippen MR) is 82.9 cm³/mol. The van der Waals surface area contributed by atoms with E-state index < -0.39 is 10.0 Å². The number of benzene rings is 1. The molecule has 0 saturated carbocycles. The van der Waals surface area contributed by atoms with Crippen LogP contribution in [-0.2, 0) is 16.6 Å². The summed E-state index contributed by atoms with van der Waals surface area (Å²) in [5.74, 6) is 0.834. The minimum Gasteiger partial charge on any atom is -0.493 e. The molecule has 0 radical (unpaired) electrons. The third-order valence-electron chi connectivity index (χ3n) is 2.73. The summed E-state index contributed by atoms with van der Waals surface area (Å²) in [7, 11) is -0.684. The molecule has 2 aromatic rings. The highest BCUT2D eigenvalue weighted by atomic mass is 35.5. The Morgan fingerprint density at radius 3 is 2.43 bits per heavy atom. The number of hydrogen-bond donors (Lipinski definition) is 1. The molecule has 8 heteroatoms. The Labute approximate surface area is 132 Å². The SMILES string of the molecule is COc1ccc(S(=O)(=O)NCc2ccc(Cl)s2)cc1OC. The molecule has 5 nitrogen and oxygen atoms in total. The molecule has 0 saturated heterocycles. The van der Waals surface area contributed by atoms with Crippen molar-refractivity contribution in [1.29, 1.82) is 0 Å². The van der Waals surface area contributed by atoms with Gasteiger partial charge in [-0.1, -0.05) is 11.6 Å². The van der Waals surface area contributed by atoms with Gasteiger partial charge in [0.25, 0.3) is 0 Å². The minimum absolute atomic E-state index is 0.114. The summed E-state index contributed by atoms with van der Waals surface area (Å²) in [6.07, 6.45) is 0. The molecule has 0 aliphatic rings. The molecule has 0 aliphatic heterocycles. The minimum atomic E-state index is -3.63. The van der Waals surface area contributed by atoms with Crippen LogP contribution >= 0.6 is 22.9 Å². The lowest BCUT2D eigenvalue weighted by Gasteiger charge is -2.10. The van der Waals surface area contributed by atoms with Gasteiger partial charge in [0, 0.05) is 17.5 Å². The van der Waals surface area contributed by atoms with E-state index in [0.29, 0.717) is 15.8 Å². The second-order valence-corrected chi connectivity index (χ2v) is 7.61. The van der Waals surface area contributed by atoms with Gasteiger partial charge in [-0.25, -0.2) is 13.1 Å². The molecule has 1 aromatic heterocycles. The first-order valence-corrected chi connectivity index (χ1v) is 8.60. The van der Waals surface area contributed by atoms with Crippen molar-refractivity contribution < 1.29 is 17.9 Å². The molecule has 0 atom stereocenters. The van der Waals surface area contributed by atoms with Gasteiger partial charge in [0.15, 0.2) is 11.5 Å². The van der Waals surface area contributed by atoms with E-state index >= 15 is 0 Å². The second-order valence-electron chi connectivity index (χ2n) is 4.05. The van der Waals surface area contributed by atoms with Crippen molar-refractivity contribution in [2.75, 3.05) is 14.2 Å². The van der Waals surface area contributed by atoms with Crippen LogP contribution in [0.2, 0.25) is 4.34 Å². The highest BCUT2D eigenvalue weighted by Crippen LogP contribution is 2.29. The van der Waals surface area contributed by atoms with Crippen molar-refractivity contribution in [3.8, 4) is 11.5 Å². The quantitative estimate of drug-likeness (QED) is 0.872. The summed E-state index contributed by atoms with van der Waals surface area (Å²) in [6, 6.07) is 7.94. The monoisotopic (exact) mass is 347 g/mol. The maximum atomic E-state index is 12.2. The Kier molecular flexibility index (Phi) is 5.10. The van der Waals surface area contributed by atoms with Crippen molar-refractivity contribution >= 4 is 33.0 Å². The normalized spacial score (nSPS) is 11.4. The lowest BCUT2D eigenvalue weighted by atomic mass is 10.3. The summed E-state index contributed by atoms with van der Waals surface area (Å²) >= 11 is 7.14. The summed E-state index contributed by atoms with van der Waals surface area (Å²) in [6.45, 7) is 0.189. The zero-order valence-electron chi connectivity index (χ0n) is 11.4. The van der Waals surface area contributed by atoms with Gasteiger partial charge in [0.05, 0.1) is 23.5 Å². The van der Waals surface area contributed by atoms with E-state index in [1.165, 1.54) is 37.7 Å². The third kappa shape index (κ3) is 3.88. The van der Waals surface area contributed by atoms with E-state index in [1.54, 1.807) is 18.2 Å². The average Bonchev–Trinajstić information content (AvgIpc) is 2.90. The van der Waals surface area contributed by atoms with Crippen LogP contribution in [0, 0.1) is 0 Å². The van der Waals surface area contributed by atoms with E-state index in [9.17, 15) is 8.42 Å². The Morgan fingerprint density at radius 2 is 1.86 bits per heavy atom. The number of nitrogens with one attached hydrogen (secondary N) is 1. The van der Waals surface area contributed by atoms with Crippen LogP contribution in [0.1, 0.15) is 4.88 Å². The molecule has 0 bridgehead atoms. The van der Waals surface area contributed by atoms with Crippen LogP contribution in [0.5, 0.6) is 11.5 Å². The number of rotatable bonds is 6. The van der Waals surface area contributed by atoms with Gasteiger partial charge in [-0.2, -0.15) is 0 Å². The summed E-state index contributed by atoms with van der Waals surface area (Å²) in [5.41, 5.74) is 0. The summed E-state index contributed by atoms with van der Waals surface area (Å²) in [5, 5.41) is 0. The zero-order chi connectivity index (χ0) is 15.5. The molecule has 1 N–H and O–H groups in total. The molecule has 0 spiro atoms. The van der Waals surface area contributed by atoms with E-state index in [0.717, 1.165) is 4.88 Å². The molecular weight excluding hydrogens is 334 g/mol. The predicted octanol–water partition coefficient (Wildman–Crippen LogP) is 2.90. The van der Waals surface area contributed by atoms with Crippen LogP contribution in [-0.4, -0.2) is 22.6 Å². The first kappa shape index (κ1) is 16.1. The van der Waals surface area contributed by atoms with E-state index in [2.05, 4.69) is 4.72 Å². The van der Waals surface area contributed by atoms with Gasteiger partial charge >= 0.3 is 0 Å². The Bertz CT molecular complexity index is 728. The first-order chi connectivity index (χ1) is 9.96. The van der Waals surface area contributed by atoms with Crippen molar-refractivity contribution in [3.63, 3.8) is 0 Å². The topological polar surface area (TPSA) is 64.6 Å². The van der Waals surface area contributed by atoms with E-state index in [4.69, 9.17) is 21.1 Å². The molecule has 0 amide bonds. The molecule has 0 fully saturated rings. The van der Waals surface area contributed by atoms with Gasteiger partial charge in [0.2, 0.25) is 10.0 Å². The number of methoxy groups -OCH3 is 2. The summed E-state index contributed by atoms with van der Waals surface area (Å²) < 4.78 is 37.8. The van der Waals surface area contributed by atoms with Crippen LogP contribution in [0.15, 0.2) is 35.2 Å². The molecule has 1 aromatic carbocycles. The van der Waals surface area contributed by atoms with Gasteiger partial charge in [-0.15, -0.1) is 11.3 Å². The molecule has 21 heavy (non-hydrogen) atoms. The third-order valence-corrected chi connectivity index (χ3v) is 5.36. The number of halogens is 1. The Hall–Kier alpha value is -1.28. The average molecular weight is 348 g/mol. The standard InChI is InChI=1S/C13H14ClNO4S2/c1-18-11-5-4-10(7-12(11)19-2)21(16,17)15-8-9-3-6-13(14)20-9/h3-7,15H,8H2,1-2H3. The molecule has 2 rings (SSSR count). The van der Waals surface area contributed by atoms with Crippen molar-refractivity contribution in [2.24, 2.45) is 0 Å². The van der Waals surface area contributed by atoms with Crippen molar-refractivity contribution in [1.82, 2.24) is 4.72 Å². The van der Waals surface area contributed by atoms with Gasteiger partial charge in [0.1, 0.15) is 0 Å². The molecule has 114 valence electrons. The van der Waals surface area contributed by atoms with Crippen LogP contribution < -0.4 is 14.2 Å². The van der Waals surface area contributed by atoms with Crippen LogP contribution in [0.25, 0.3) is 0 Å². The molecular formula is C13H14ClNO4S2. The van der Waals surface area contributed by atoms with Crippen molar-refractivity contribution in [3.05, 3.63) is 39.5 Å². The highest BCUT2D eigenvalue weighted by Gasteiger charge is 2.17. The number of hydrogen-bond acceptors (Lipinski definition) is 5. The molecule has 1 heterocycles. The number of ether oxygens (including phenoxy) is 2. The van der Waals surface area contributed by atoms with Crippen LogP contribution in [0.4, 0.5) is 0 Å². The number of sulfonamides is 1. The fraction of sp³-hybridized carbons (Fsp3) is 0.231. The van der Waals surface area contributed by atoms with Gasteiger partial charge < -0.3 is 9.47 Å². The lowest BCUT2D eigenvalue weighted by Crippen LogP contribution is -2.22. The fourth-order valence-corrected chi connectivity index (χ4v) is 3.82. The zero-order valence-corrected chi connectivity index (χ0v) is 13.8. The lowest BCUT2D eigenvalue weighted by molar-refractivity contribution is 0.354. The van der Waals surface area contributed by atoms with Crippen LogP contribution in [0.3, 0.4) is 0 Å². The van der Waals surface area contributed by atoms with Gasteiger partial charge in [-0.05, 0) is 24.3 Å². The van der Waals surface area contributed by atoms with E-state index in [1.807, 2.05) is 0 Å². The molecule has 0 aliphatic carbocycles. The first-order valence-electron chi connectivity index (χ1n) is 5.92. The van der Waals surface area contributed by atoms with Crippen molar-refractivity contribution in [2.45, 2.75) is 11.4 Å². The highest BCUT2D eigenvalue weighted by molar-refractivity contribution is 7.89. The van der Waals surface area contributed by atoms with Gasteiger partial charge in [-0.3, -0.25) is 0 Å². The Morgan fingerprint density at radius 1 is 1.14 bits per heavy atom. The Balaban J connectivity index is 2.19. The largest absolute Gasteiger partial charge is 0.493 e. The fourth-order valence-electron chi connectivity index (χ4n) is 1.68. The maximum Gasteiger partial charge on any atom is 0.241 e. The van der Waals surface area contributed by atoms with E-state index in [-0.39, 0.29) is 11.4 Å². The molecule has 0 unspecified atom stereocenters.